The number of fused-ring (bicyclic) bond motifs is 3. The van der Waals surface area contributed by atoms with Crippen LogP contribution in [0.5, 0.6) is 11.5 Å². The number of hydrogen-bond donors (Lipinski definition) is 2. The number of aryl methyl sites for hydroxylation is 4. The van der Waals surface area contributed by atoms with Crippen molar-refractivity contribution < 1.29 is 14.3 Å². The molecule has 0 aliphatic carbocycles. The zero-order chi connectivity index (χ0) is 26.0. The van der Waals surface area contributed by atoms with Crippen molar-refractivity contribution in [2.45, 2.75) is 47.2 Å². The normalized spacial score (nSPS) is 12.6. The van der Waals surface area contributed by atoms with Gasteiger partial charge in [-0.2, -0.15) is 0 Å². The number of carbonyl (C=O) groups is 1. The minimum Gasteiger partial charge on any atom is -0.493 e. The van der Waals surface area contributed by atoms with Gasteiger partial charge in [0.2, 0.25) is 0 Å². The van der Waals surface area contributed by atoms with Crippen LogP contribution in [-0.2, 0) is 19.5 Å². The van der Waals surface area contributed by atoms with E-state index in [2.05, 4.69) is 17.4 Å². The van der Waals surface area contributed by atoms with Gasteiger partial charge in [-0.25, -0.2) is 14.6 Å². The van der Waals surface area contributed by atoms with E-state index in [-0.39, 0.29) is 18.8 Å². The molecule has 0 spiro atoms. The van der Waals surface area contributed by atoms with Crippen LogP contribution in [0.25, 0.3) is 11.3 Å². The van der Waals surface area contributed by atoms with Crippen LogP contribution in [0.1, 0.15) is 29.2 Å². The number of ether oxygens (including phenoxy) is 2. The third-order valence-corrected chi connectivity index (χ3v) is 6.36. The molecular weight excluding hydrogens is 458 g/mol. The minimum absolute atomic E-state index is 0.196. The highest BCUT2D eigenvalue weighted by Crippen LogP contribution is 2.37. The molecule has 0 radical (unpaired) electrons. The standard InChI is InChI=1S/C27H33N5O4/c1-6-36-23-13-19-7-9-31-21(20(19)14-22(23)35-5)15-24(32(27(31)34)10-8-29-26(28)33)30-25-17(3)11-16(2)12-18(25)4/h11-15H,6-10H2,1-5H3,(H3,28,29,33)/b30-24+. The highest BCUT2D eigenvalue weighted by molar-refractivity contribution is 5.71. The van der Waals surface area contributed by atoms with Crippen LogP contribution < -0.4 is 31.7 Å². The van der Waals surface area contributed by atoms with Crippen molar-refractivity contribution in [1.82, 2.24) is 14.5 Å². The van der Waals surface area contributed by atoms with E-state index in [0.717, 1.165) is 39.2 Å². The molecule has 1 aromatic heterocycles. The van der Waals surface area contributed by atoms with Crippen LogP contribution in [0.15, 0.2) is 40.1 Å². The molecule has 0 atom stereocenters. The van der Waals surface area contributed by atoms with Crippen molar-refractivity contribution in [3.63, 3.8) is 0 Å². The summed E-state index contributed by atoms with van der Waals surface area (Å²) in [4.78, 5) is 29.9. The van der Waals surface area contributed by atoms with Crippen LogP contribution in [0.3, 0.4) is 0 Å². The van der Waals surface area contributed by atoms with Gasteiger partial charge in [-0.15, -0.1) is 0 Å². The second kappa shape index (κ2) is 10.3. The zero-order valence-electron chi connectivity index (χ0n) is 21.5. The van der Waals surface area contributed by atoms with Crippen molar-refractivity contribution >= 4 is 11.7 Å². The van der Waals surface area contributed by atoms with Gasteiger partial charge in [0.05, 0.1) is 25.1 Å². The number of nitrogens with two attached hydrogens (primary N) is 1. The van der Waals surface area contributed by atoms with E-state index in [0.29, 0.717) is 36.6 Å². The van der Waals surface area contributed by atoms with E-state index in [1.807, 2.05) is 45.9 Å². The van der Waals surface area contributed by atoms with Crippen LogP contribution >= 0.6 is 0 Å². The number of methoxy groups -OCH3 is 1. The Morgan fingerprint density at radius 1 is 1.11 bits per heavy atom. The quantitative estimate of drug-likeness (QED) is 0.529. The number of amides is 2. The second-order valence-corrected chi connectivity index (χ2v) is 8.97. The highest BCUT2D eigenvalue weighted by atomic mass is 16.5. The lowest BCUT2D eigenvalue weighted by Gasteiger charge is -2.25. The molecule has 3 aromatic rings. The van der Waals surface area contributed by atoms with Gasteiger partial charge in [0.1, 0.15) is 5.49 Å². The predicted molar refractivity (Wildman–Crippen MR) is 139 cm³/mol. The van der Waals surface area contributed by atoms with Crippen LogP contribution in [0.2, 0.25) is 0 Å². The first kappa shape index (κ1) is 25.1. The lowest BCUT2D eigenvalue weighted by molar-refractivity contribution is 0.248. The Kier molecular flexibility index (Phi) is 7.19. The van der Waals surface area contributed by atoms with Gasteiger partial charge in [0.15, 0.2) is 11.5 Å². The van der Waals surface area contributed by atoms with Gasteiger partial charge in [-0.05, 0) is 62.9 Å². The fraction of sp³-hybridized carbons (Fsp3) is 0.370. The Morgan fingerprint density at radius 2 is 1.83 bits per heavy atom. The van der Waals surface area contributed by atoms with Gasteiger partial charge in [-0.1, -0.05) is 17.7 Å². The maximum Gasteiger partial charge on any atom is 0.330 e. The summed E-state index contributed by atoms with van der Waals surface area (Å²) in [6.07, 6.45) is 0.679. The molecular formula is C27H33N5O4. The smallest absolute Gasteiger partial charge is 0.330 e. The van der Waals surface area contributed by atoms with Crippen molar-refractivity contribution in [2.24, 2.45) is 10.7 Å². The number of hydrogen-bond acceptors (Lipinski definition) is 5. The summed E-state index contributed by atoms with van der Waals surface area (Å²) in [5.74, 6) is 1.30. The fourth-order valence-corrected chi connectivity index (χ4v) is 4.83. The van der Waals surface area contributed by atoms with E-state index in [1.54, 1.807) is 16.2 Å². The Hall–Kier alpha value is -4.01. The average molecular weight is 492 g/mol. The molecule has 36 heavy (non-hydrogen) atoms. The summed E-state index contributed by atoms with van der Waals surface area (Å²) in [5.41, 5.74) is 12.3. The predicted octanol–water partition coefficient (Wildman–Crippen LogP) is 3.11. The first-order valence-corrected chi connectivity index (χ1v) is 12.1. The molecule has 2 aromatic carbocycles. The Balaban J connectivity index is 1.96. The van der Waals surface area contributed by atoms with Gasteiger partial charge in [0, 0.05) is 31.3 Å². The van der Waals surface area contributed by atoms with Crippen molar-refractivity contribution in [1.29, 1.82) is 0 Å². The van der Waals surface area contributed by atoms with Gasteiger partial charge >= 0.3 is 11.7 Å². The molecule has 0 unspecified atom stereocenters. The lowest BCUT2D eigenvalue weighted by Crippen LogP contribution is -2.44. The average Bonchev–Trinajstić information content (AvgIpc) is 2.82. The van der Waals surface area contributed by atoms with E-state index < -0.39 is 6.03 Å². The molecule has 9 heteroatoms. The summed E-state index contributed by atoms with van der Waals surface area (Å²) in [6, 6.07) is 9.37. The Morgan fingerprint density at radius 3 is 2.47 bits per heavy atom. The fourth-order valence-electron chi connectivity index (χ4n) is 4.83. The molecule has 0 fully saturated rings. The van der Waals surface area contributed by atoms with Crippen molar-refractivity contribution in [3.8, 4) is 22.8 Å². The third kappa shape index (κ3) is 4.86. The molecule has 2 heterocycles. The summed E-state index contributed by atoms with van der Waals surface area (Å²) in [5, 5.41) is 2.57. The number of rotatable bonds is 7. The molecule has 4 rings (SSSR count). The third-order valence-electron chi connectivity index (χ3n) is 6.36. The SMILES string of the molecule is CCOc1cc2c(cc1OC)-c1c/c(=N\c3c(C)cc(C)cc3C)n(CCNC(N)=O)c(=O)n1CC2. The number of carbonyl (C=O) groups excluding carboxylic acids is 1. The number of nitrogens with zero attached hydrogens (tertiary/aromatic N) is 3. The Bertz CT molecular complexity index is 1430. The number of urea groups is 1. The zero-order valence-corrected chi connectivity index (χ0v) is 21.5. The highest BCUT2D eigenvalue weighted by Gasteiger charge is 2.22. The molecule has 0 bridgehead atoms. The summed E-state index contributed by atoms with van der Waals surface area (Å²) in [7, 11) is 1.61. The maximum atomic E-state index is 13.7. The summed E-state index contributed by atoms with van der Waals surface area (Å²) in [6.45, 7) is 9.51. The van der Waals surface area contributed by atoms with Crippen LogP contribution in [0, 0.1) is 20.8 Å². The topological polar surface area (TPSA) is 113 Å². The number of aromatic nitrogens is 2. The number of nitrogens with one attached hydrogen (secondary N) is 1. The monoisotopic (exact) mass is 491 g/mol. The van der Waals surface area contributed by atoms with E-state index in [9.17, 15) is 9.59 Å². The molecule has 3 N–H and O–H groups in total. The number of primary amides is 1. The molecule has 190 valence electrons. The molecule has 1 aliphatic rings. The molecule has 0 saturated heterocycles. The molecule has 0 saturated carbocycles. The number of benzene rings is 2. The molecule has 9 nitrogen and oxygen atoms in total. The van der Waals surface area contributed by atoms with Crippen LogP contribution in [-0.4, -0.2) is 35.4 Å². The second-order valence-electron chi connectivity index (χ2n) is 8.97. The molecule has 1 aliphatic heterocycles. The van der Waals surface area contributed by atoms with Gasteiger partial charge < -0.3 is 20.5 Å². The van der Waals surface area contributed by atoms with Crippen molar-refractivity contribution in [3.05, 3.63) is 68.6 Å². The first-order valence-electron chi connectivity index (χ1n) is 12.1. The van der Waals surface area contributed by atoms with Gasteiger partial charge in [-0.3, -0.25) is 9.13 Å². The Labute approximate surface area is 210 Å². The lowest BCUT2D eigenvalue weighted by atomic mass is 9.97. The van der Waals surface area contributed by atoms with Crippen molar-refractivity contribution in [2.75, 3.05) is 20.3 Å². The summed E-state index contributed by atoms with van der Waals surface area (Å²) < 4.78 is 14.7. The summed E-state index contributed by atoms with van der Waals surface area (Å²) >= 11 is 0. The maximum absolute atomic E-state index is 13.7. The molecule has 2 amide bonds. The van der Waals surface area contributed by atoms with Crippen LogP contribution in [0.4, 0.5) is 10.5 Å². The van der Waals surface area contributed by atoms with E-state index >= 15 is 0 Å². The largest absolute Gasteiger partial charge is 0.493 e. The minimum atomic E-state index is -0.636. The first-order chi connectivity index (χ1) is 17.2. The van der Waals surface area contributed by atoms with E-state index in [1.165, 1.54) is 0 Å². The van der Waals surface area contributed by atoms with Gasteiger partial charge in [0.25, 0.3) is 0 Å². The van der Waals surface area contributed by atoms with E-state index in [4.69, 9.17) is 20.2 Å².